The molecule has 0 saturated carbocycles. The molecule has 0 aliphatic carbocycles. The predicted octanol–water partition coefficient (Wildman–Crippen LogP) is 3.75. The Balaban J connectivity index is 2.17. The highest BCUT2D eigenvalue weighted by Crippen LogP contribution is 2.27. The van der Waals surface area contributed by atoms with Crippen LogP contribution in [0.3, 0.4) is 0 Å². The SMILES string of the molecule is Cc1cc(C(N)Cc2ccccc2F)sc1C. The summed E-state index contributed by atoms with van der Waals surface area (Å²) in [6, 6.07) is 8.80. The van der Waals surface area contributed by atoms with Crippen molar-refractivity contribution in [2.75, 3.05) is 0 Å². The van der Waals surface area contributed by atoms with Crippen molar-refractivity contribution in [3.63, 3.8) is 0 Å². The Morgan fingerprint density at radius 2 is 2.00 bits per heavy atom. The molecule has 0 aliphatic heterocycles. The number of hydrogen-bond acceptors (Lipinski definition) is 2. The normalized spacial score (nSPS) is 12.7. The molecule has 0 radical (unpaired) electrons. The van der Waals surface area contributed by atoms with Crippen LogP contribution in [0.1, 0.15) is 26.9 Å². The molecule has 0 fully saturated rings. The molecular formula is C14H16FNS. The van der Waals surface area contributed by atoms with Gasteiger partial charge in [-0.25, -0.2) is 4.39 Å². The first kappa shape index (κ1) is 12.3. The van der Waals surface area contributed by atoms with Gasteiger partial charge in [0.25, 0.3) is 0 Å². The van der Waals surface area contributed by atoms with Crippen LogP contribution in [-0.2, 0) is 6.42 Å². The van der Waals surface area contributed by atoms with Gasteiger partial charge >= 0.3 is 0 Å². The van der Waals surface area contributed by atoms with Crippen LogP contribution in [0.2, 0.25) is 0 Å². The summed E-state index contributed by atoms with van der Waals surface area (Å²) in [6.07, 6.45) is 0.548. The van der Waals surface area contributed by atoms with Crippen LogP contribution in [0, 0.1) is 19.7 Å². The molecule has 0 aliphatic rings. The van der Waals surface area contributed by atoms with Gasteiger partial charge in [-0.1, -0.05) is 18.2 Å². The molecule has 90 valence electrons. The van der Waals surface area contributed by atoms with Crippen LogP contribution in [-0.4, -0.2) is 0 Å². The van der Waals surface area contributed by atoms with Crippen LogP contribution in [0.15, 0.2) is 30.3 Å². The molecule has 1 nitrogen and oxygen atoms in total. The summed E-state index contributed by atoms with van der Waals surface area (Å²) in [4.78, 5) is 2.41. The van der Waals surface area contributed by atoms with E-state index in [1.807, 2.05) is 6.07 Å². The van der Waals surface area contributed by atoms with E-state index in [1.54, 1.807) is 23.5 Å². The third kappa shape index (κ3) is 2.73. The average Bonchev–Trinajstić information content (AvgIpc) is 2.63. The van der Waals surface area contributed by atoms with Gasteiger partial charge in [-0.05, 0) is 43.5 Å². The Bertz CT molecular complexity index is 499. The quantitative estimate of drug-likeness (QED) is 0.881. The molecule has 0 amide bonds. The van der Waals surface area contributed by atoms with E-state index in [0.29, 0.717) is 12.0 Å². The van der Waals surface area contributed by atoms with Crippen LogP contribution >= 0.6 is 11.3 Å². The molecule has 1 aromatic carbocycles. The van der Waals surface area contributed by atoms with E-state index in [-0.39, 0.29) is 11.9 Å². The minimum atomic E-state index is -0.173. The van der Waals surface area contributed by atoms with E-state index in [4.69, 9.17) is 5.73 Å². The lowest BCUT2D eigenvalue weighted by Crippen LogP contribution is -2.12. The third-order valence-corrected chi connectivity index (χ3v) is 4.23. The van der Waals surface area contributed by atoms with Crippen LogP contribution in [0.4, 0.5) is 4.39 Å². The summed E-state index contributed by atoms with van der Waals surface area (Å²) in [5.74, 6) is -0.173. The van der Waals surface area contributed by atoms with Gasteiger partial charge in [-0.3, -0.25) is 0 Å². The standard InChI is InChI=1S/C14H16FNS/c1-9-7-14(17-10(9)2)13(16)8-11-5-3-4-6-12(11)15/h3-7,13H,8,16H2,1-2H3. The monoisotopic (exact) mass is 249 g/mol. The molecule has 1 atom stereocenters. The number of halogens is 1. The molecular weight excluding hydrogens is 233 g/mol. The summed E-state index contributed by atoms with van der Waals surface area (Å²) >= 11 is 1.70. The third-order valence-electron chi connectivity index (χ3n) is 2.95. The van der Waals surface area contributed by atoms with E-state index < -0.39 is 0 Å². The topological polar surface area (TPSA) is 26.0 Å². The first-order valence-electron chi connectivity index (χ1n) is 5.64. The largest absolute Gasteiger partial charge is 0.323 e. The lowest BCUT2D eigenvalue weighted by molar-refractivity contribution is 0.595. The van der Waals surface area contributed by atoms with Crippen LogP contribution in [0.25, 0.3) is 0 Å². The minimum absolute atomic E-state index is 0.121. The maximum absolute atomic E-state index is 13.5. The summed E-state index contributed by atoms with van der Waals surface area (Å²) in [5.41, 5.74) is 8.06. The highest BCUT2D eigenvalue weighted by molar-refractivity contribution is 7.12. The molecule has 3 heteroatoms. The van der Waals surface area contributed by atoms with Crippen molar-refractivity contribution in [2.45, 2.75) is 26.3 Å². The lowest BCUT2D eigenvalue weighted by atomic mass is 10.0. The fraction of sp³-hybridized carbons (Fsp3) is 0.286. The van der Waals surface area contributed by atoms with Crippen molar-refractivity contribution in [1.82, 2.24) is 0 Å². The molecule has 0 spiro atoms. The Labute approximate surface area is 105 Å². The number of hydrogen-bond donors (Lipinski definition) is 1. The number of aryl methyl sites for hydroxylation is 2. The predicted molar refractivity (Wildman–Crippen MR) is 70.8 cm³/mol. The molecule has 2 rings (SSSR count). The molecule has 1 unspecified atom stereocenters. The fourth-order valence-electron chi connectivity index (χ4n) is 1.79. The highest BCUT2D eigenvalue weighted by Gasteiger charge is 2.13. The summed E-state index contributed by atoms with van der Waals surface area (Å²) in [6.45, 7) is 4.16. The average molecular weight is 249 g/mol. The molecule has 1 aromatic heterocycles. The van der Waals surface area contributed by atoms with Crippen molar-refractivity contribution < 1.29 is 4.39 Å². The molecule has 2 N–H and O–H groups in total. The lowest BCUT2D eigenvalue weighted by Gasteiger charge is -2.10. The zero-order valence-electron chi connectivity index (χ0n) is 10.0. The second-order valence-corrected chi connectivity index (χ2v) is 5.58. The van der Waals surface area contributed by atoms with Gasteiger partial charge in [0.1, 0.15) is 5.82 Å². The maximum Gasteiger partial charge on any atom is 0.126 e. The van der Waals surface area contributed by atoms with Crippen molar-refractivity contribution in [3.8, 4) is 0 Å². The van der Waals surface area contributed by atoms with Crippen molar-refractivity contribution in [1.29, 1.82) is 0 Å². The van der Waals surface area contributed by atoms with Crippen LogP contribution < -0.4 is 5.73 Å². The molecule has 0 bridgehead atoms. The second kappa shape index (κ2) is 4.98. The van der Waals surface area contributed by atoms with Gasteiger partial charge in [0.15, 0.2) is 0 Å². The zero-order valence-corrected chi connectivity index (χ0v) is 10.9. The Kier molecular flexibility index (Phi) is 3.60. The number of benzene rings is 1. The van der Waals surface area contributed by atoms with Gasteiger partial charge in [-0.15, -0.1) is 11.3 Å². The first-order chi connectivity index (χ1) is 8.08. The first-order valence-corrected chi connectivity index (χ1v) is 6.45. The fourth-order valence-corrected chi connectivity index (χ4v) is 2.83. The zero-order chi connectivity index (χ0) is 12.4. The van der Waals surface area contributed by atoms with E-state index in [0.717, 1.165) is 4.88 Å². The van der Waals surface area contributed by atoms with Crippen molar-refractivity contribution in [3.05, 3.63) is 57.0 Å². The molecule has 17 heavy (non-hydrogen) atoms. The van der Waals surface area contributed by atoms with Gasteiger partial charge in [0.2, 0.25) is 0 Å². The van der Waals surface area contributed by atoms with E-state index in [9.17, 15) is 4.39 Å². The Morgan fingerprint density at radius 3 is 2.59 bits per heavy atom. The summed E-state index contributed by atoms with van der Waals surface area (Å²) in [5, 5.41) is 0. The molecule has 1 heterocycles. The minimum Gasteiger partial charge on any atom is -0.323 e. The van der Waals surface area contributed by atoms with E-state index in [1.165, 1.54) is 16.5 Å². The van der Waals surface area contributed by atoms with E-state index in [2.05, 4.69) is 19.9 Å². The number of thiophene rings is 1. The summed E-state index contributed by atoms with van der Waals surface area (Å²) in [7, 11) is 0. The maximum atomic E-state index is 13.5. The van der Waals surface area contributed by atoms with Gasteiger partial charge in [0, 0.05) is 15.8 Å². The van der Waals surface area contributed by atoms with Gasteiger partial charge in [-0.2, -0.15) is 0 Å². The number of nitrogens with two attached hydrogens (primary N) is 1. The number of rotatable bonds is 3. The van der Waals surface area contributed by atoms with Gasteiger partial charge < -0.3 is 5.73 Å². The Morgan fingerprint density at radius 1 is 1.29 bits per heavy atom. The van der Waals surface area contributed by atoms with E-state index >= 15 is 0 Å². The highest BCUT2D eigenvalue weighted by atomic mass is 32.1. The molecule has 2 aromatic rings. The van der Waals surface area contributed by atoms with Gasteiger partial charge in [0.05, 0.1) is 0 Å². The second-order valence-electron chi connectivity index (χ2n) is 4.29. The molecule has 0 saturated heterocycles. The summed E-state index contributed by atoms with van der Waals surface area (Å²) < 4.78 is 13.5. The van der Waals surface area contributed by atoms with Crippen molar-refractivity contribution >= 4 is 11.3 Å². The van der Waals surface area contributed by atoms with Crippen molar-refractivity contribution in [2.24, 2.45) is 5.73 Å². The smallest absolute Gasteiger partial charge is 0.126 e. The van der Waals surface area contributed by atoms with Crippen LogP contribution in [0.5, 0.6) is 0 Å². The Hall–Kier alpha value is -1.19.